The third kappa shape index (κ3) is 2.98. The second-order valence-electron chi connectivity index (χ2n) is 5.32. The van der Waals surface area contributed by atoms with E-state index in [1.807, 2.05) is 0 Å². The monoisotopic (exact) mass is 281 g/mol. The van der Waals surface area contributed by atoms with Crippen LogP contribution in [-0.4, -0.2) is 44.9 Å². The lowest BCUT2D eigenvalue weighted by atomic mass is 9.81. The van der Waals surface area contributed by atoms with E-state index in [2.05, 4.69) is 22.4 Å². The number of hydrogen-bond donors (Lipinski definition) is 4. The van der Waals surface area contributed by atoms with E-state index in [4.69, 9.17) is 10.2 Å². The Kier molecular flexibility index (Phi) is 4.39. The Bertz CT molecular complexity index is 500. The number of aromatic nitrogens is 2. The Hall–Kier alpha value is -1.89. The number of aliphatic carboxylic acids is 1. The number of fused-ring (bicyclic) bond motifs is 1. The normalized spacial score (nSPS) is 22.9. The van der Waals surface area contributed by atoms with Crippen LogP contribution in [0.15, 0.2) is 6.20 Å². The van der Waals surface area contributed by atoms with Crippen molar-refractivity contribution in [1.29, 1.82) is 0 Å². The van der Waals surface area contributed by atoms with Crippen LogP contribution in [0.4, 0.5) is 0 Å². The van der Waals surface area contributed by atoms with Crippen LogP contribution in [0.3, 0.4) is 0 Å². The number of carbonyl (C=O) groups is 2. The summed E-state index contributed by atoms with van der Waals surface area (Å²) in [5, 5.41) is 27.1. The largest absolute Gasteiger partial charge is 0.480 e. The van der Waals surface area contributed by atoms with E-state index in [9.17, 15) is 9.59 Å². The van der Waals surface area contributed by atoms with Gasteiger partial charge in [0, 0.05) is 13.0 Å². The molecule has 7 heteroatoms. The predicted octanol–water partition coefficient (Wildman–Crippen LogP) is 0.0274. The molecule has 0 aromatic carbocycles. The predicted molar refractivity (Wildman–Crippen MR) is 70.1 cm³/mol. The minimum Gasteiger partial charge on any atom is -0.480 e. The molecule has 110 valence electrons. The summed E-state index contributed by atoms with van der Waals surface area (Å²) in [6.07, 6.45) is 3.24. The Morgan fingerprint density at radius 1 is 1.60 bits per heavy atom. The van der Waals surface area contributed by atoms with Crippen molar-refractivity contribution in [3.8, 4) is 0 Å². The van der Waals surface area contributed by atoms with Crippen LogP contribution in [0.1, 0.15) is 36.9 Å². The average molecular weight is 281 g/mol. The highest BCUT2D eigenvalue weighted by Gasteiger charge is 2.33. The van der Waals surface area contributed by atoms with Gasteiger partial charge in [0.05, 0.1) is 17.8 Å². The Labute approximate surface area is 116 Å². The number of carboxylic acid groups (broad SMARTS) is 1. The van der Waals surface area contributed by atoms with Crippen LogP contribution in [0.25, 0.3) is 0 Å². The van der Waals surface area contributed by atoms with Gasteiger partial charge in [0.25, 0.3) is 0 Å². The van der Waals surface area contributed by atoms with E-state index >= 15 is 0 Å². The van der Waals surface area contributed by atoms with Gasteiger partial charge in [-0.1, -0.05) is 6.92 Å². The molecule has 0 bridgehead atoms. The lowest BCUT2D eigenvalue weighted by molar-refractivity contribution is -0.142. The summed E-state index contributed by atoms with van der Waals surface area (Å²) in [5.41, 5.74) is 1.78. The first-order valence-electron chi connectivity index (χ1n) is 6.69. The van der Waals surface area contributed by atoms with Crippen LogP contribution >= 0.6 is 0 Å². The van der Waals surface area contributed by atoms with Crippen molar-refractivity contribution in [2.75, 3.05) is 6.61 Å². The molecule has 1 heterocycles. The van der Waals surface area contributed by atoms with E-state index < -0.39 is 17.9 Å². The van der Waals surface area contributed by atoms with E-state index in [-0.39, 0.29) is 18.9 Å². The summed E-state index contributed by atoms with van der Waals surface area (Å²) in [4.78, 5) is 23.3. The topological polar surface area (TPSA) is 115 Å². The van der Waals surface area contributed by atoms with Crippen LogP contribution in [0, 0.1) is 5.92 Å². The number of hydrogen-bond acceptors (Lipinski definition) is 4. The zero-order chi connectivity index (χ0) is 14.7. The molecule has 1 aliphatic rings. The third-order valence-corrected chi connectivity index (χ3v) is 3.66. The molecular weight excluding hydrogens is 262 g/mol. The molecule has 1 aromatic heterocycles. The highest BCUT2D eigenvalue weighted by molar-refractivity contribution is 5.88. The van der Waals surface area contributed by atoms with Gasteiger partial charge in [-0.15, -0.1) is 0 Å². The molecule has 0 fully saturated rings. The third-order valence-electron chi connectivity index (χ3n) is 3.66. The first-order chi connectivity index (χ1) is 9.52. The van der Waals surface area contributed by atoms with Gasteiger partial charge < -0.3 is 15.5 Å². The summed E-state index contributed by atoms with van der Waals surface area (Å²) in [5.74, 6) is -1.53. The molecule has 0 radical (unpaired) electrons. The molecule has 0 aliphatic heterocycles. The molecule has 20 heavy (non-hydrogen) atoms. The van der Waals surface area contributed by atoms with Gasteiger partial charge in [-0.25, -0.2) is 4.79 Å². The lowest BCUT2D eigenvalue weighted by Gasteiger charge is -2.26. The Morgan fingerprint density at radius 3 is 3.00 bits per heavy atom. The molecule has 2 unspecified atom stereocenters. The number of carbonyl (C=O) groups excluding carboxylic acids is 1. The van der Waals surface area contributed by atoms with E-state index in [1.54, 1.807) is 6.20 Å². The standard InChI is InChI=1S/C13H19N3O4/c1-7-4-8-6-14-16-11(8)9(5-7)12(18)15-10(2-3-17)13(19)20/h6-7,9-10,17H,2-5H2,1H3,(H,14,16)(H,15,18)(H,19,20)/t7?,9?,10-/m0/s1. The molecule has 3 atom stereocenters. The minimum absolute atomic E-state index is 0.000813. The smallest absolute Gasteiger partial charge is 0.326 e. The van der Waals surface area contributed by atoms with Crippen LogP contribution < -0.4 is 5.32 Å². The van der Waals surface area contributed by atoms with Crippen LogP contribution in [-0.2, 0) is 16.0 Å². The SMILES string of the molecule is CC1Cc2cn[nH]c2C(C(=O)N[C@@H](CCO)C(=O)O)C1. The van der Waals surface area contributed by atoms with Crippen molar-refractivity contribution in [2.24, 2.45) is 5.92 Å². The zero-order valence-electron chi connectivity index (χ0n) is 11.3. The van der Waals surface area contributed by atoms with Gasteiger partial charge in [0.1, 0.15) is 6.04 Å². The van der Waals surface area contributed by atoms with Gasteiger partial charge in [0.2, 0.25) is 5.91 Å². The molecule has 1 aromatic rings. The molecule has 1 aliphatic carbocycles. The van der Waals surface area contributed by atoms with Gasteiger partial charge in [-0.2, -0.15) is 5.10 Å². The number of aromatic amines is 1. The number of amides is 1. The average Bonchev–Trinajstić information content (AvgIpc) is 2.84. The summed E-state index contributed by atoms with van der Waals surface area (Å²) < 4.78 is 0. The highest BCUT2D eigenvalue weighted by atomic mass is 16.4. The van der Waals surface area contributed by atoms with E-state index in [0.29, 0.717) is 12.3 Å². The number of nitrogens with zero attached hydrogens (tertiary/aromatic N) is 1. The number of rotatable bonds is 5. The fourth-order valence-corrected chi connectivity index (χ4v) is 2.66. The van der Waals surface area contributed by atoms with Crippen molar-refractivity contribution in [3.63, 3.8) is 0 Å². The molecule has 0 saturated carbocycles. The molecule has 7 nitrogen and oxygen atoms in total. The van der Waals surface area contributed by atoms with Crippen molar-refractivity contribution in [3.05, 3.63) is 17.5 Å². The fraction of sp³-hybridized carbons (Fsp3) is 0.615. The first kappa shape index (κ1) is 14.5. The molecule has 2 rings (SSSR count). The second kappa shape index (κ2) is 6.04. The molecule has 4 N–H and O–H groups in total. The summed E-state index contributed by atoms with van der Waals surface area (Å²) in [7, 11) is 0. The van der Waals surface area contributed by atoms with E-state index in [1.165, 1.54) is 0 Å². The van der Waals surface area contributed by atoms with Crippen LogP contribution in [0.2, 0.25) is 0 Å². The molecule has 0 spiro atoms. The maximum Gasteiger partial charge on any atom is 0.326 e. The lowest BCUT2D eigenvalue weighted by Crippen LogP contribution is -2.44. The number of nitrogens with one attached hydrogen (secondary N) is 2. The molecule has 0 saturated heterocycles. The maximum atomic E-state index is 12.3. The number of aliphatic hydroxyl groups excluding tert-OH is 1. The van der Waals surface area contributed by atoms with Crippen molar-refractivity contribution >= 4 is 11.9 Å². The number of H-pyrrole nitrogens is 1. The Balaban J connectivity index is 2.12. The van der Waals surface area contributed by atoms with E-state index in [0.717, 1.165) is 17.7 Å². The number of carboxylic acids is 1. The van der Waals surface area contributed by atoms with Gasteiger partial charge >= 0.3 is 5.97 Å². The Morgan fingerprint density at radius 2 is 2.35 bits per heavy atom. The first-order valence-corrected chi connectivity index (χ1v) is 6.69. The second-order valence-corrected chi connectivity index (χ2v) is 5.32. The highest BCUT2D eigenvalue weighted by Crippen LogP contribution is 2.33. The zero-order valence-corrected chi connectivity index (χ0v) is 11.3. The molecular formula is C13H19N3O4. The maximum absolute atomic E-state index is 12.3. The summed E-state index contributed by atoms with van der Waals surface area (Å²) >= 11 is 0. The van der Waals surface area contributed by atoms with Gasteiger partial charge in [0.15, 0.2) is 0 Å². The van der Waals surface area contributed by atoms with Crippen molar-refractivity contribution < 1.29 is 19.8 Å². The van der Waals surface area contributed by atoms with Crippen LogP contribution in [0.5, 0.6) is 0 Å². The number of aliphatic hydroxyl groups is 1. The summed E-state index contributed by atoms with van der Waals surface area (Å²) in [6.45, 7) is 1.77. The quantitative estimate of drug-likeness (QED) is 0.607. The van der Waals surface area contributed by atoms with Crippen molar-refractivity contribution in [1.82, 2.24) is 15.5 Å². The molecule has 1 amide bonds. The van der Waals surface area contributed by atoms with Gasteiger partial charge in [-0.05, 0) is 24.3 Å². The fourth-order valence-electron chi connectivity index (χ4n) is 2.66. The minimum atomic E-state index is -1.14. The summed E-state index contributed by atoms with van der Waals surface area (Å²) in [6, 6.07) is -1.06. The van der Waals surface area contributed by atoms with Crippen molar-refractivity contribution in [2.45, 2.75) is 38.1 Å². The van der Waals surface area contributed by atoms with Gasteiger partial charge in [-0.3, -0.25) is 9.89 Å².